The quantitative estimate of drug-likeness (QED) is 0.126. The smallest absolute Gasteiger partial charge is 0.135 e. The van der Waals surface area contributed by atoms with E-state index in [1.54, 1.807) is 35.5 Å². The second kappa shape index (κ2) is 12.4. The maximum Gasteiger partial charge on any atom is 0.135 e. The molecule has 7 heteroatoms. The zero-order valence-electron chi connectivity index (χ0n) is 31.8. The summed E-state index contributed by atoms with van der Waals surface area (Å²) in [6.45, 7) is -3.25. The number of hydrogen-bond acceptors (Lipinski definition) is 4. The van der Waals surface area contributed by atoms with Crippen molar-refractivity contribution in [1.29, 1.82) is 0 Å². The first-order chi connectivity index (χ1) is 26.0. The Kier molecular flexibility index (Phi) is 6.23. The van der Waals surface area contributed by atoms with E-state index in [0.717, 1.165) is 43.5 Å². The molecule has 242 valence electrons. The van der Waals surface area contributed by atoms with Crippen molar-refractivity contribution in [3.05, 3.63) is 164 Å². The van der Waals surface area contributed by atoms with Gasteiger partial charge in [0.1, 0.15) is 5.82 Å². The maximum atomic E-state index is 8.56. The molecule has 0 spiro atoms. The topological polar surface area (TPSA) is 38.5 Å². The Morgan fingerprint density at radius 2 is 1.51 bits per heavy atom. The predicted octanol–water partition coefficient (Wildman–Crippen LogP) is 9.83. The molecule has 0 atom stereocenters. The Morgan fingerprint density at radius 1 is 0.735 bits per heavy atom. The number of aryl methyl sites for hydroxylation is 1. The molecule has 0 aliphatic carbocycles. The number of aromatic nitrogens is 3. The number of anilines is 1. The van der Waals surface area contributed by atoms with Gasteiger partial charge in [-0.05, 0) is 61.6 Å². The van der Waals surface area contributed by atoms with Crippen molar-refractivity contribution in [3.8, 4) is 34.1 Å². The molecule has 9 rings (SSSR count). The standard InChI is InChI=1S/C42H30N5O.Pd/c1-29-24-40(43-27-37(29)30-12-5-3-6-13-30)47-39-26-34(48-33-17-11-16-32(25-33)45-23-22-44(2)28-45)20-21-36(39)41-42(47)35-18-9-10-19-38(35)46(41)31-14-7-4-8-15-31;/h3-24,27-28H,1-2H3;/q-3;/i1D3,2D3;. The first-order valence-electron chi connectivity index (χ1n) is 18.5. The number of benzene rings is 5. The van der Waals surface area contributed by atoms with Crippen LogP contribution in [-0.2, 0) is 20.4 Å². The molecule has 0 N–H and O–H groups in total. The van der Waals surface area contributed by atoms with E-state index in [1.807, 2.05) is 83.4 Å². The molecule has 1 aliphatic heterocycles. The van der Waals surface area contributed by atoms with Gasteiger partial charge in [0.15, 0.2) is 0 Å². The van der Waals surface area contributed by atoms with Crippen LogP contribution in [0.4, 0.5) is 5.69 Å². The van der Waals surface area contributed by atoms with Gasteiger partial charge in [0.2, 0.25) is 0 Å². The van der Waals surface area contributed by atoms with Gasteiger partial charge in [-0.15, -0.1) is 36.0 Å². The van der Waals surface area contributed by atoms with Gasteiger partial charge in [-0.3, -0.25) is 0 Å². The molecule has 3 aromatic heterocycles. The summed E-state index contributed by atoms with van der Waals surface area (Å²) in [6.07, 6.45) is 4.77. The summed E-state index contributed by atoms with van der Waals surface area (Å²) in [5.74, 6) is 1.22. The third kappa shape index (κ3) is 5.29. The summed E-state index contributed by atoms with van der Waals surface area (Å²) in [5.41, 5.74) is 6.43. The average Bonchev–Trinajstić information content (AvgIpc) is 3.89. The molecule has 0 saturated heterocycles. The Hall–Kier alpha value is -5.61. The molecule has 6 nitrogen and oxygen atoms in total. The molecule has 0 fully saturated rings. The Bertz CT molecular complexity index is 2720. The molecule has 0 bridgehead atoms. The van der Waals surface area contributed by atoms with Crippen molar-refractivity contribution in [2.75, 3.05) is 11.9 Å². The van der Waals surface area contributed by atoms with Gasteiger partial charge >= 0.3 is 0 Å². The molecular formula is C42H30N5OPd-3. The van der Waals surface area contributed by atoms with Gasteiger partial charge in [-0.25, -0.2) is 4.98 Å². The van der Waals surface area contributed by atoms with Crippen LogP contribution in [0, 0.1) is 25.7 Å². The van der Waals surface area contributed by atoms with E-state index in [4.69, 9.17) is 17.9 Å². The minimum Gasteiger partial charge on any atom is -0.510 e. The number of nitrogens with zero attached hydrogens (tertiary/aromatic N) is 5. The van der Waals surface area contributed by atoms with Gasteiger partial charge in [0.25, 0.3) is 0 Å². The van der Waals surface area contributed by atoms with Crippen molar-refractivity contribution in [1.82, 2.24) is 19.0 Å². The molecule has 0 unspecified atom stereocenters. The van der Waals surface area contributed by atoms with Gasteiger partial charge in [-0.2, -0.15) is 18.8 Å². The molecule has 4 heterocycles. The van der Waals surface area contributed by atoms with Gasteiger partial charge in [0, 0.05) is 68.5 Å². The molecule has 8 aromatic rings. The normalized spacial score (nSPS) is 15.0. The van der Waals surface area contributed by atoms with Crippen LogP contribution in [0.5, 0.6) is 11.5 Å². The number of para-hydroxylation sites is 2. The third-order valence-corrected chi connectivity index (χ3v) is 8.55. The van der Waals surface area contributed by atoms with Crippen LogP contribution >= 0.6 is 0 Å². The monoisotopic (exact) mass is 732 g/mol. The van der Waals surface area contributed by atoms with Crippen LogP contribution in [0.2, 0.25) is 0 Å². The molecule has 49 heavy (non-hydrogen) atoms. The van der Waals surface area contributed by atoms with Crippen molar-refractivity contribution < 1.29 is 33.4 Å². The number of pyridine rings is 1. The van der Waals surface area contributed by atoms with Gasteiger partial charge in [0.05, 0.1) is 11.0 Å². The predicted molar refractivity (Wildman–Crippen MR) is 193 cm³/mol. The van der Waals surface area contributed by atoms with E-state index in [0.29, 0.717) is 34.1 Å². The second-order valence-corrected chi connectivity index (χ2v) is 11.5. The van der Waals surface area contributed by atoms with Crippen molar-refractivity contribution in [3.63, 3.8) is 0 Å². The molecular weight excluding hydrogens is 697 g/mol. The van der Waals surface area contributed by atoms with Crippen molar-refractivity contribution in [2.24, 2.45) is 0 Å². The van der Waals surface area contributed by atoms with Crippen LogP contribution in [0.25, 0.3) is 55.5 Å². The SMILES string of the molecule is [2H]C([2H])([2H])c1cc(-n2c3[c-]c(Oc4[c-]c(N5C=CN(C([2H])([2H])[2H])[CH-]5)ccc4)ccc3c3c2c2ccccc2n3-c2ccccc2)ncc1-c1ccccc1.[Pd]. The minimum absolute atomic E-state index is 0. The summed E-state index contributed by atoms with van der Waals surface area (Å²) in [7, 11) is 0. The Balaban J connectivity index is 0.00000427. The van der Waals surface area contributed by atoms with Gasteiger partial charge < -0.3 is 23.7 Å². The van der Waals surface area contributed by atoms with Crippen LogP contribution in [0.15, 0.2) is 140 Å². The Labute approximate surface area is 307 Å². The fourth-order valence-corrected chi connectivity index (χ4v) is 6.45. The van der Waals surface area contributed by atoms with Crippen molar-refractivity contribution >= 4 is 38.5 Å². The largest absolute Gasteiger partial charge is 0.510 e. The van der Waals surface area contributed by atoms with Crippen molar-refractivity contribution in [2.45, 2.75) is 6.85 Å². The number of fused-ring (bicyclic) bond motifs is 5. The van der Waals surface area contributed by atoms with Crippen LogP contribution in [-0.4, -0.2) is 26.0 Å². The van der Waals surface area contributed by atoms with E-state index in [-0.39, 0.29) is 26.0 Å². The molecule has 0 amide bonds. The molecule has 1 aliphatic rings. The van der Waals surface area contributed by atoms with E-state index in [9.17, 15) is 0 Å². The van der Waals surface area contributed by atoms with E-state index in [2.05, 4.69) is 41.0 Å². The summed E-state index contributed by atoms with van der Waals surface area (Å²) in [6, 6.07) is 45.2. The maximum absolute atomic E-state index is 8.56. The first kappa shape index (κ1) is 24.5. The average molecular weight is 733 g/mol. The van der Waals surface area contributed by atoms with E-state index < -0.39 is 13.8 Å². The zero-order chi connectivity index (χ0) is 37.2. The number of hydrogen-bond donors (Lipinski definition) is 0. The third-order valence-electron chi connectivity index (χ3n) is 8.55. The second-order valence-electron chi connectivity index (χ2n) is 11.5. The molecule has 0 saturated carbocycles. The molecule has 0 radical (unpaired) electrons. The Morgan fingerprint density at radius 3 is 2.33 bits per heavy atom. The molecule has 5 aromatic carbocycles. The minimum atomic E-state index is -2.43. The van der Waals surface area contributed by atoms with E-state index in [1.165, 1.54) is 12.9 Å². The summed E-state index contributed by atoms with van der Waals surface area (Å²) in [5, 5.41) is 1.82. The van der Waals surface area contributed by atoms with Gasteiger partial charge in [-0.1, -0.05) is 77.6 Å². The summed E-state index contributed by atoms with van der Waals surface area (Å²) in [4.78, 5) is 7.74. The van der Waals surface area contributed by atoms with Crippen LogP contribution in [0.3, 0.4) is 0 Å². The fourth-order valence-electron chi connectivity index (χ4n) is 6.45. The van der Waals surface area contributed by atoms with Crippen LogP contribution < -0.4 is 9.64 Å². The summed E-state index contributed by atoms with van der Waals surface area (Å²) < 4.78 is 59.4. The fraction of sp³-hybridized carbons (Fsp3) is 0.0476. The number of ether oxygens (including phenoxy) is 1. The van der Waals surface area contributed by atoms with Crippen LogP contribution in [0.1, 0.15) is 13.8 Å². The first-order valence-corrected chi connectivity index (χ1v) is 15.5. The number of rotatable bonds is 6. The van der Waals surface area contributed by atoms with E-state index >= 15 is 0 Å². The zero-order valence-corrected chi connectivity index (χ0v) is 27.4. The summed E-state index contributed by atoms with van der Waals surface area (Å²) >= 11 is 0.